The number of benzene rings is 1. The molecule has 10 nitrogen and oxygen atoms in total. The molecule has 2 rings (SSSR count). The molecule has 0 radical (unpaired) electrons. The molecule has 0 bridgehead atoms. The van der Waals surface area contributed by atoms with Crippen molar-refractivity contribution in [3.05, 3.63) is 35.9 Å². The number of nitrogens with zero attached hydrogens (tertiary/aromatic N) is 1. The minimum Gasteiger partial charge on any atom is -0.445 e. The Labute approximate surface area is 189 Å². The van der Waals surface area contributed by atoms with Crippen molar-refractivity contribution in [3.63, 3.8) is 0 Å². The normalized spacial score (nSPS) is 18.0. The Morgan fingerprint density at radius 3 is 2.67 bits per heavy atom. The van der Waals surface area contributed by atoms with Crippen LogP contribution in [-0.4, -0.2) is 61.2 Å². The molecule has 1 heterocycles. The Morgan fingerprint density at radius 2 is 2.03 bits per heavy atom. The van der Waals surface area contributed by atoms with Crippen LogP contribution in [0.1, 0.15) is 12.0 Å². The summed E-state index contributed by atoms with van der Waals surface area (Å²) in [4.78, 5) is 16.0. The van der Waals surface area contributed by atoms with Crippen LogP contribution in [-0.2, 0) is 25.8 Å². The molecule has 0 saturated carbocycles. The number of carbonyl (C=O) groups excluding carboxylic acids is 1. The van der Waals surface area contributed by atoms with E-state index in [1.54, 1.807) is 12.1 Å². The van der Waals surface area contributed by atoms with Crippen LogP contribution in [0.2, 0.25) is 0 Å². The maximum Gasteiger partial charge on any atom is 0.407 e. The second kappa shape index (κ2) is 11.2. The first-order chi connectivity index (χ1) is 14.1. The van der Waals surface area contributed by atoms with Crippen molar-refractivity contribution < 1.29 is 27.2 Å². The van der Waals surface area contributed by atoms with Gasteiger partial charge in [-0.3, -0.25) is 4.99 Å². The van der Waals surface area contributed by atoms with Crippen molar-refractivity contribution in [1.82, 2.24) is 15.4 Å². The van der Waals surface area contributed by atoms with Crippen LogP contribution in [0.15, 0.2) is 35.3 Å². The summed E-state index contributed by atoms with van der Waals surface area (Å²) in [7, 11) is -4.30. The summed E-state index contributed by atoms with van der Waals surface area (Å²) in [5, 5.41) is 15.0. The minimum atomic E-state index is -4.30. The molecule has 0 aromatic heterocycles. The number of amides is 1. The van der Waals surface area contributed by atoms with Gasteiger partial charge in [-0.1, -0.05) is 65.1 Å². The van der Waals surface area contributed by atoms with Gasteiger partial charge in [0.15, 0.2) is 0 Å². The number of aliphatic imine (C=N–C) groups is 1. The Bertz CT molecular complexity index is 835. The highest BCUT2D eigenvalue weighted by Crippen LogP contribution is 2.26. The van der Waals surface area contributed by atoms with Gasteiger partial charge in [-0.05, 0) is 12.0 Å². The summed E-state index contributed by atoms with van der Waals surface area (Å²) in [6.07, 6.45) is -0.305. The lowest BCUT2D eigenvalue weighted by Crippen LogP contribution is -2.58. The largest absolute Gasteiger partial charge is 0.445 e. The van der Waals surface area contributed by atoms with E-state index in [2.05, 4.69) is 24.5 Å². The van der Waals surface area contributed by atoms with E-state index in [4.69, 9.17) is 39.5 Å². The third kappa shape index (κ3) is 9.11. The van der Waals surface area contributed by atoms with Crippen LogP contribution >= 0.6 is 34.8 Å². The number of halogens is 3. The maximum atomic E-state index is 12.0. The standard InChI is InChI=1S/C16H21Cl3N4O6S/c17-16(18,19)10-29-30(26,27)23-14-20-7-6-12(21-14)13(8-24)22-15(25)28-9-11-4-2-1-3-5-11/h1-5,12-13,24H,6-10H2,(H,22,25)(H2,20,21,23)/t12-,13+/m0/s1. The second-order valence-electron chi connectivity index (χ2n) is 6.20. The number of alkyl carbamates (subject to hydrolysis) is 1. The van der Waals surface area contributed by atoms with Crippen LogP contribution in [0.25, 0.3) is 0 Å². The molecule has 1 aromatic rings. The average molecular weight is 504 g/mol. The van der Waals surface area contributed by atoms with Crippen molar-refractivity contribution >= 4 is 57.2 Å². The van der Waals surface area contributed by atoms with Gasteiger partial charge in [-0.2, -0.15) is 8.42 Å². The molecule has 1 aliphatic heterocycles. The molecule has 0 saturated heterocycles. The third-order valence-electron chi connectivity index (χ3n) is 3.83. The van der Waals surface area contributed by atoms with Crippen LogP contribution in [0.3, 0.4) is 0 Å². The molecule has 4 N–H and O–H groups in total. The quantitative estimate of drug-likeness (QED) is 0.391. The number of carbonyl (C=O) groups is 1. The van der Waals surface area contributed by atoms with E-state index < -0.39 is 45.5 Å². The predicted molar refractivity (Wildman–Crippen MR) is 113 cm³/mol. The van der Waals surface area contributed by atoms with Gasteiger partial charge in [0, 0.05) is 6.54 Å². The number of guanidine groups is 1. The smallest absolute Gasteiger partial charge is 0.407 e. The first-order valence-electron chi connectivity index (χ1n) is 8.71. The van der Waals surface area contributed by atoms with Crippen LogP contribution in [0.4, 0.5) is 4.79 Å². The topological polar surface area (TPSA) is 138 Å². The first-order valence-corrected chi connectivity index (χ1v) is 11.2. The summed E-state index contributed by atoms with van der Waals surface area (Å²) in [5.41, 5.74) is 0.808. The fraction of sp³-hybridized carbons (Fsp3) is 0.500. The van der Waals surface area contributed by atoms with E-state index >= 15 is 0 Å². The number of aliphatic hydroxyl groups is 1. The molecule has 2 atom stereocenters. The Morgan fingerprint density at radius 1 is 1.33 bits per heavy atom. The zero-order valence-electron chi connectivity index (χ0n) is 15.6. The van der Waals surface area contributed by atoms with Crippen LogP contribution in [0.5, 0.6) is 0 Å². The molecule has 1 amide bonds. The maximum absolute atomic E-state index is 12.0. The van der Waals surface area contributed by atoms with Gasteiger partial charge in [0.05, 0.1) is 18.7 Å². The van der Waals surface area contributed by atoms with Gasteiger partial charge in [0.2, 0.25) is 9.75 Å². The predicted octanol–water partition coefficient (Wildman–Crippen LogP) is 1.21. The summed E-state index contributed by atoms with van der Waals surface area (Å²) in [5.74, 6) is -0.131. The van der Waals surface area contributed by atoms with Gasteiger partial charge in [0.25, 0.3) is 0 Å². The molecule has 30 heavy (non-hydrogen) atoms. The van der Waals surface area contributed by atoms with Crippen molar-refractivity contribution in [1.29, 1.82) is 0 Å². The van der Waals surface area contributed by atoms with Gasteiger partial charge >= 0.3 is 16.4 Å². The highest BCUT2D eigenvalue weighted by Gasteiger charge is 2.29. The molecular weight excluding hydrogens is 483 g/mol. The molecule has 0 spiro atoms. The van der Waals surface area contributed by atoms with E-state index in [1.165, 1.54) is 0 Å². The molecule has 1 aliphatic rings. The number of nitrogens with one attached hydrogen (secondary N) is 3. The first kappa shape index (κ1) is 24.8. The van der Waals surface area contributed by atoms with E-state index in [9.17, 15) is 18.3 Å². The highest BCUT2D eigenvalue weighted by molar-refractivity contribution is 7.85. The van der Waals surface area contributed by atoms with Gasteiger partial charge < -0.3 is 20.5 Å². The van der Waals surface area contributed by atoms with Crippen LogP contribution in [0, 0.1) is 0 Å². The Kier molecular flexibility index (Phi) is 9.26. The van der Waals surface area contributed by atoms with E-state index in [1.807, 2.05) is 18.2 Å². The lowest BCUT2D eigenvalue weighted by atomic mass is 10.0. The number of rotatable bonds is 8. The molecule has 0 aliphatic carbocycles. The fourth-order valence-electron chi connectivity index (χ4n) is 2.45. The zero-order valence-corrected chi connectivity index (χ0v) is 18.6. The van der Waals surface area contributed by atoms with Gasteiger partial charge in [-0.25, -0.2) is 13.7 Å². The molecule has 0 fully saturated rings. The summed E-state index contributed by atoms with van der Waals surface area (Å²) < 4.78 is 33.7. The van der Waals surface area contributed by atoms with Crippen molar-refractivity contribution in [2.45, 2.75) is 28.9 Å². The van der Waals surface area contributed by atoms with E-state index in [0.29, 0.717) is 6.42 Å². The lowest BCUT2D eigenvalue weighted by molar-refractivity contribution is 0.124. The number of hydrogen-bond donors (Lipinski definition) is 4. The SMILES string of the molecule is O=C(N[C@H](CO)[C@@H]1CCN=C(NS(=O)(=O)OCC(Cl)(Cl)Cl)N1)OCc1ccccc1. The monoisotopic (exact) mass is 502 g/mol. The molecule has 0 unspecified atom stereocenters. The Hall–Kier alpha value is -1.50. The molecular formula is C16H21Cl3N4O6S. The van der Waals surface area contributed by atoms with E-state index in [-0.39, 0.29) is 19.1 Å². The second-order valence-corrected chi connectivity index (χ2v) is 10.1. The van der Waals surface area contributed by atoms with Crippen LogP contribution < -0.4 is 15.4 Å². The molecule has 168 valence electrons. The minimum absolute atomic E-state index is 0.0654. The molecule has 14 heteroatoms. The van der Waals surface area contributed by atoms with E-state index in [0.717, 1.165) is 5.56 Å². The van der Waals surface area contributed by atoms with Crippen molar-refractivity contribution in [2.75, 3.05) is 19.8 Å². The van der Waals surface area contributed by atoms with Crippen molar-refractivity contribution in [3.8, 4) is 0 Å². The number of ether oxygens (including phenoxy) is 1. The van der Waals surface area contributed by atoms with Crippen molar-refractivity contribution in [2.24, 2.45) is 4.99 Å². The zero-order chi connectivity index (χ0) is 22.2. The van der Waals surface area contributed by atoms with Gasteiger partial charge in [0.1, 0.15) is 13.2 Å². The highest BCUT2D eigenvalue weighted by atomic mass is 35.6. The Balaban J connectivity index is 1.87. The summed E-state index contributed by atoms with van der Waals surface area (Å²) >= 11 is 16.4. The number of alkyl halides is 3. The fourth-order valence-corrected chi connectivity index (χ4v) is 3.56. The summed E-state index contributed by atoms with van der Waals surface area (Å²) in [6.45, 7) is -0.813. The summed E-state index contributed by atoms with van der Waals surface area (Å²) in [6, 6.07) is 7.80. The third-order valence-corrected chi connectivity index (χ3v) is 5.03. The van der Waals surface area contributed by atoms with Gasteiger partial charge in [-0.15, -0.1) is 0 Å². The lowest BCUT2D eigenvalue weighted by Gasteiger charge is -2.30. The molecule has 1 aromatic carbocycles. The number of aliphatic hydroxyl groups excluding tert-OH is 1. The number of hydrogen-bond acceptors (Lipinski definition) is 8. The average Bonchev–Trinajstić information content (AvgIpc) is 2.69.